The van der Waals surface area contributed by atoms with Gasteiger partial charge in [0.05, 0.1) is 17.6 Å². The molecule has 3 aromatic rings. The summed E-state index contributed by atoms with van der Waals surface area (Å²) in [6.45, 7) is 1.95. The minimum atomic E-state index is -0.0356. The first-order chi connectivity index (χ1) is 12.0. The average Bonchev–Trinajstić information content (AvgIpc) is 3.01. The van der Waals surface area contributed by atoms with Crippen molar-refractivity contribution in [1.29, 1.82) is 0 Å². The number of hydrogen-bond donors (Lipinski definition) is 1. The molecule has 4 nitrogen and oxygen atoms in total. The molecule has 1 unspecified atom stereocenters. The van der Waals surface area contributed by atoms with E-state index in [1.165, 1.54) is 0 Å². The van der Waals surface area contributed by atoms with Crippen LogP contribution in [-0.2, 0) is 11.2 Å². The van der Waals surface area contributed by atoms with Crippen molar-refractivity contribution in [2.75, 3.05) is 0 Å². The lowest BCUT2D eigenvalue weighted by atomic mass is 9.81. The van der Waals surface area contributed by atoms with Gasteiger partial charge in [-0.2, -0.15) is 5.10 Å². The first kappa shape index (κ1) is 15.9. The van der Waals surface area contributed by atoms with Gasteiger partial charge in [-0.05, 0) is 42.3 Å². The molecule has 2 aromatic carbocycles. The highest BCUT2D eigenvalue weighted by Crippen LogP contribution is 2.36. The summed E-state index contributed by atoms with van der Waals surface area (Å²) < 4.78 is 1.81. The summed E-state index contributed by atoms with van der Waals surface area (Å²) >= 11 is 6.25. The van der Waals surface area contributed by atoms with Crippen LogP contribution in [0.1, 0.15) is 34.7 Å². The van der Waals surface area contributed by atoms with E-state index in [9.17, 15) is 9.90 Å². The highest BCUT2D eigenvalue weighted by atomic mass is 35.5. The van der Waals surface area contributed by atoms with Gasteiger partial charge in [0.2, 0.25) is 0 Å². The Labute approximate surface area is 150 Å². The highest BCUT2D eigenvalue weighted by molar-refractivity contribution is 6.31. The van der Waals surface area contributed by atoms with Gasteiger partial charge in [0.1, 0.15) is 11.5 Å². The van der Waals surface area contributed by atoms with Crippen LogP contribution in [-0.4, -0.2) is 20.7 Å². The molecule has 5 heteroatoms. The fourth-order valence-electron chi connectivity index (χ4n) is 3.39. The zero-order valence-electron chi connectivity index (χ0n) is 13.7. The molecule has 126 valence electrons. The van der Waals surface area contributed by atoms with Crippen molar-refractivity contribution < 1.29 is 9.90 Å². The fraction of sp³-hybridized carbons (Fsp3) is 0.200. The number of aryl methyl sites for hydroxylation is 1. The second-order valence-corrected chi connectivity index (χ2v) is 6.86. The molecule has 25 heavy (non-hydrogen) atoms. The molecule has 1 heterocycles. The molecule has 0 spiro atoms. The van der Waals surface area contributed by atoms with E-state index in [4.69, 9.17) is 11.6 Å². The Morgan fingerprint density at radius 2 is 1.96 bits per heavy atom. The summed E-state index contributed by atoms with van der Waals surface area (Å²) in [7, 11) is 0. The molecule has 0 saturated heterocycles. The average molecular weight is 353 g/mol. The zero-order chi connectivity index (χ0) is 17.6. The van der Waals surface area contributed by atoms with Crippen LogP contribution in [0.4, 0.5) is 0 Å². The van der Waals surface area contributed by atoms with Gasteiger partial charge in [-0.1, -0.05) is 29.8 Å². The predicted octanol–water partition coefficient (Wildman–Crippen LogP) is 4.19. The van der Waals surface area contributed by atoms with Gasteiger partial charge in [-0.3, -0.25) is 4.79 Å². The molecule has 1 atom stereocenters. The number of rotatable bonds is 2. The van der Waals surface area contributed by atoms with Crippen molar-refractivity contribution in [3.63, 3.8) is 0 Å². The zero-order valence-corrected chi connectivity index (χ0v) is 14.5. The Balaban J connectivity index is 1.81. The van der Waals surface area contributed by atoms with Crippen LogP contribution in [0.15, 0.2) is 48.7 Å². The van der Waals surface area contributed by atoms with E-state index in [2.05, 4.69) is 5.10 Å². The van der Waals surface area contributed by atoms with Crippen molar-refractivity contribution in [2.24, 2.45) is 0 Å². The first-order valence-electron chi connectivity index (χ1n) is 8.17. The van der Waals surface area contributed by atoms with Crippen LogP contribution < -0.4 is 0 Å². The fourth-order valence-corrected chi connectivity index (χ4v) is 3.57. The lowest BCUT2D eigenvalue weighted by molar-refractivity contribution is -0.119. The Morgan fingerprint density at radius 3 is 2.68 bits per heavy atom. The van der Waals surface area contributed by atoms with Crippen molar-refractivity contribution in [3.8, 4) is 11.4 Å². The maximum Gasteiger partial charge on any atom is 0.139 e. The van der Waals surface area contributed by atoms with Gasteiger partial charge in [0.25, 0.3) is 0 Å². The van der Waals surface area contributed by atoms with E-state index in [1.807, 2.05) is 48.1 Å². The molecule has 1 aliphatic carbocycles. The Bertz CT molecular complexity index is 960. The molecule has 0 bridgehead atoms. The third kappa shape index (κ3) is 2.83. The van der Waals surface area contributed by atoms with Gasteiger partial charge in [-0.25, -0.2) is 4.68 Å². The largest absolute Gasteiger partial charge is 0.508 e. The van der Waals surface area contributed by atoms with E-state index in [0.29, 0.717) is 17.9 Å². The second-order valence-electron chi connectivity index (χ2n) is 6.46. The van der Waals surface area contributed by atoms with Crippen molar-refractivity contribution in [3.05, 3.63) is 76.1 Å². The number of fused-ring (bicyclic) bond motifs is 1. The molecule has 0 radical (unpaired) electrons. The molecule has 0 fully saturated rings. The van der Waals surface area contributed by atoms with Crippen LogP contribution in [0.3, 0.4) is 0 Å². The monoisotopic (exact) mass is 352 g/mol. The van der Waals surface area contributed by atoms with Crippen LogP contribution in [0, 0.1) is 6.92 Å². The summed E-state index contributed by atoms with van der Waals surface area (Å²) in [5, 5.41) is 14.7. The summed E-state index contributed by atoms with van der Waals surface area (Å²) in [6.07, 6.45) is 2.67. The standard InChI is InChI=1S/C20H17ClN2O2/c1-12-2-5-14(8-19(12)21)23-20-10-16(25)9-17(18(20)11-22-23)13-3-6-15(24)7-4-13/h2-8,11,17,24H,9-10H2,1H3. The topological polar surface area (TPSA) is 55.1 Å². The molecule has 1 aromatic heterocycles. The summed E-state index contributed by atoms with van der Waals surface area (Å²) in [5.74, 6) is 0.369. The number of benzene rings is 2. The quantitative estimate of drug-likeness (QED) is 0.752. The van der Waals surface area contributed by atoms with Crippen LogP contribution in [0.5, 0.6) is 5.75 Å². The third-order valence-corrected chi connectivity index (χ3v) is 5.18. The highest BCUT2D eigenvalue weighted by Gasteiger charge is 2.30. The van der Waals surface area contributed by atoms with E-state index in [0.717, 1.165) is 28.1 Å². The van der Waals surface area contributed by atoms with Gasteiger partial charge >= 0.3 is 0 Å². The summed E-state index contributed by atoms with van der Waals surface area (Å²) in [4.78, 5) is 12.4. The maximum atomic E-state index is 12.4. The molecular formula is C20H17ClN2O2. The molecule has 0 saturated carbocycles. The number of aromatic nitrogens is 2. The first-order valence-corrected chi connectivity index (χ1v) is 8.54. The number of hydrogen-bond acceptors (Lipinski definition) is 3. The lowest BCUT2D eigenvalue weighted by Crippen LogP contribution is -2.20. The van der Waals surface area contributed by atoms with Crippen LogP contribution in [0.2, 0.25) is 5.02 Å². The number of halogens is 1. The van der Waals surface area contributed by atoms with Crippen LogP contribution >= 0.6 is 11.6 Å². The second kappa shape index (κ2) is 6.05. The van der Waals surface area contributed by atoms with E-state index in [1.54, 1.807) is 12.1 Å². The maximum absolute atomic E-state index is 12.4. The van der Waals surface area contributed by atoms with E-state index in [-0.39, 0.29) is 17.5 Å². The van der Waals surface area contributed by atoms with Crippen molar-refractivity contribution in [1.82, 2.24) is 9.78 Å². The number of aromatic hydroxyl groups is 1. The minimum Gasteiger partial charge on any atom is -0.508 e. The number of carbonyl (C=O) groups excluding carboxylic acids is 1. The molecule has 0 amide bonds. The SMILES string of the molecule is Cc1ccc(-n2ncc3c2CC(=O)CC3c2ccc(O)cc2)cc1Cl. The number of ketones is 1. The van der Waals surface area contributed by atoms with E-state index < -0.39 is 0 Å². The van der Waals surface area contributed by atoms with Crippen molar-refractivity contribution in [2.45, 2.75) is 25.7 Å². The smallest absolute Gasteiger partial charge is 0.139 e. The minimum absolute atomic E-state index is 0.0356. The molecule has 1 N–H and O–H groups in total. The normalized spacial score (nSPS) is 16.7. The summed E-state index contributed by atoms with van der Waals surface area (Å²) in [6, 6.07) is 12.8. The van der Waals surface area contributed by atoms with E-state index >= 15 is 0 Å². The van der Waals surface area contributed by atoms with Gasteiger partial charge in [0.15, 0.2) is 0 Å². The number of Topliss-reactive ketones (excluding diaryl/α,β-unsaturated/α-hetero) is 1. The van der Waals surface area contributed by atoms with Gasteiger partial charge in [0, 0.05) is 29.3 Å². The number of phenols is 1. The number of phenolic OH excluding ortho intramolecular Hbond substituents is 1. The number of carbonyl (C=O) groups is 1. The Hall–Kier alpha value is -2.59. The van der Waals surface area contributed by atoms with Crippen LogP contribution in [0.25, 0.3) is 5.69 Å². The molecular weight excluding hydrogens is 336 g/mol. The summed E-state index contributed by atoms with van der Waals surface area (Å²) in [5.41, 5.74) is 4.84. The van der Waals surface area contributed by atoms with Gasteiger partial charge < -0.3 is 5.11 Å². The van der Waals surface area contributed by atoms with Gasteiger partial charge in [-0.15, -0.1) is 0 Å². The third-order valence-electron chi connectivity index (χ3n) is 4.77. The molecule has 4 rings (SSSR count). The lowest BCUT2D eigenvalue weighted by Gasteiger charge is -2.23. The number of nitrogens with zero attached hydrogens (tertiary/aromatic N) is 2. The predicted molar refractivity (Wildman–Crippen MR) is 96.6 cm³/mol. The Morgan fingerprint density at radius 1 is 1.20 bits per heavy atom. The molecule has 1 aliphatic rings. The Kier molecular flexibility index (Phi) is 3.85. The molecule has 0 aliphatic heterocycles. The van der Waals surface area contributed by atoms with Crippen molar-refractivity contribution >= 4 is 17.4 Å².